The highest BCUT2D eigenvalue weighted by molar-refractivity contribution is 9.10. The van der Waals surface area contributed by atoms with Gasteiger partial charge in [-0.05, 0) is 22.0 Å². The van der Waals surface area contributed by atoms with Crippen molar-refractivity contribution >= 4 is 21.6 Å². The Morgan fingerprint density at radius 1 is 1.50 bits per heavy atom. The molecule has 0 unspecified atom stereocenters. The first-order valence-electron chi connectivity index (χ1n) is 3.39. The predicted octanol–water partition coefficient (Wildman–Crippen LogP) is 2.96. The first-order valence-corrected chi connectivity index (χ1v) is 4.19. The lowest BCUT2D eigenvalue weighted by Gasteiger charge is -2.05. The molecule has 76 valence electrons. The monoisotopic (exact) mass is 267 g/mol. The predicted molar refractivity (Wildman–Crippen MR) is 47.4 cm³/mol. The molecule has 0 aromatic heterocycles. The van der Waals surface area contributed by atoms with E-state index in [0.29, 0.717) is 0 Å². The van der Waals surface area contributed by atoms with Crippen LogP contribution in [0.2, 0.25) is 0 Å². The van der Waals surface area contributed by atoms with Gasteiger partial charge in [-0.1, -0.05) is 0 Å². The first-order chi connectivity index (χ1) is 6.50. The average Bonchev–Trinajstić information content (AvgIpc) is 2.07. The number of halogens is 3. The molecule has 0 aliphatic heterocycles. The van der Waals surface area contributed by atoms with E-state index in [2.05, 4.69) is 20.7 Å². The summed E-state index contributed by atoms with van der Waals surface area (Å²) in [7, 11) is 0. The molecule has 0 radical (unpaired) electrons. The Labute approximate surface area is 85.8 Å². The molecule has 1 rings (SSSR count). The molecule has 0 bridgehead atoms. The second-order valence-electron chi connectivity index (χ2n) is 2.25. The summed E-state index contributed by atoms with van der Waals surface area (Å²) in [6.07, 6.45) is 0. The number of nitro groups is 1. The van der Waals surface area contributed by atoms with Gasteiger partial charge < -0.3 is 4.74 Å². The van der Waals surface area contributed by atoms with Crippen LogP contribution in [0.15, 0.2) is 22.7 Å². The summed E-state index contributed by atoms with van der Waals surface area (Å²) < 4.78 is 27.8. The van der Waals surface area contributed by atoms with Gasteiger partial charge in [0.25, 0.3) is 5.69 Å². The van der Waals surface area contributed by atoms with Gasteiger partial charge in [-0.15, -0.1) is 0 Å². The van der Waals surface area contributed by atoms with E-state index in [9.17, 15) is 18.9 Å². The minimum Gasteiger partial charge on any atom is -0.434 e. The molecule has 7 heteroatoms. The number of rotatable bonds is 3. The third-order valence-electron chi connectivity index (χ3n) is 1.34. The summed E-state index contributed by atoms with van der Waals surface area (Å²) >= 11 is 2.88. The average molecular weight is 268 g/mol. The summed E-state index contributed by atoms with van der Waals surface area (Å²) in [6, 6.07) is 3.29. The normalized spacial score (nSPS) is 10.3. The van der Waals surface area contributed by atoms with Crippen molar-refractivity contribution in [1.29, 1.82) is 0 Å². The van der Waals surface area contributed by atoms with Crippen molar-refractivity contribution in [2.75, 3.05) is 0 Å². The maximum absolute atomic E-state index is 11.8. The molecule has 0 atom stereocenters. The SMILES string of the molecule is O=[N+]([O-])c1ccc(OC(F)F)c(Br)c1. The standard InChI is InChI=1S/C7H4BrF2NO3/c8-5-3-4(11(12)13)1-2-6(5)14-7(9)10/h1-3,7H. The highest BCUT2D eigenvalue weighted by Gasteiger charge is 2.12. The van der Waals surface area contributed by atoms with Gasteiger partial charge in [-0.2, -0.15) is 8.78 Å². The fourth-order valence-corrected chi connectivity index (χ4v) is 1.26. The highest BCUT2D eigenvalue weighted by atomic mass is 79.9. The van der Waals surface area contributed by atoms with Crippen molar-refractivity contribution in [3.8, 4) is 5.75 Å². The lowest BCUT2D eigenvalue weighted by molar-refractivity contribution is -0.385. The number of hydrogen-bond acceptors (Lipinski definition) is 3. The van der Waals surface area contributed by atoms with Crippen molar-refractivity contribution < 1.29 is 18.4 Å². The molecule has 14 heavy (non-hydrogen) atoms. The maximum atomic E-state index is 11.8. The van der Waals surface area contributed by atoms with Gasteiger partial charge in [0.05, 0.1) is 9.40 Å². The Balaban J connectivity index is 2.95. The fraction of sp³-hybridized carbons (Fsp3) is 0.143. The van der Waals surface area contributed by atoms with Crippen molar-refractivity contribution in [3.05, 3.63) is 32.8 Å². The topological polar surface area (TPSA) is 52.4 Å². The number of ether oxygens (including phenoxy) is 1. The zero-order chi connectivity index (χ0) is 10.7. The van der Waals surface area contributed by atoms with Crippen molar-refractivity contribution in [2.45, 2.75) is 6.61 Å². The van der Waals surface area contributed by atoms with E-state index >= 15 is 0 Å². The van der Waals surface area contributed by atoms with E-state index in [1.54, 1.807) is 0 Å². The lowest BCUT2D eigenvalue weighted by Crippen LogP contribution is -2.02. The van der Waals surface area contributed by atoms with E-state index in [4.69, 9.17) is 0 Å². The molecule has 0 amide bonds. The van der Waals surface area contributed by atoms with Crippen LogP contribution in [0.25, 0.3) is 0 Å². The summed E-state index contributed by atoms with van der Waals surface area (Å²) in [5.74, 6) is -0.134. The Kier molecular flexibility index (Phi) is 3.34. The molecule has 0 saturated carbocycles. The molecule has 0 aliphatic carbocycles. The summed E-state index contributed by atoms with van der Waals surface area (Å²) in [5.41, 5.74) is -0.196. The van der Waals surface area contributed by atoms with Gasteiger partial charge in [-0.3, -0.25) is 10.1 Å². The van der Waals surface area contributed by atoms with Crippen LogP contribution in [0.1, 0.15) is 0 Å². The van der Waals surface area contributed by atoms with E-state index in [1.165, 1.54) is 0 Å². The third-order valence-corrected chi connectivity index (χ3v) is 1.96. The van der Waals surface area contributed by atoms with E-state index in [0.717, 1.165) is 18.2 Å². The highest BCUT2D eigenvalue weighted by Crippen LogP contribution is 2.29. The smallest absolute Gasteiger partial charge is 0.387 e. The molecule has 0 spiro atoms. The molecular weight excluding hydrogens is 264 g/mol. The van der Waals surface area contributed by atoms with Crippen LogP contribution in [-0.2, 0) is 0 Å². The molecule has 1 aromatic carbocycles. The van der Waals surface area contributed by atoms with E-state index < -0.39 is 11.5 Å². The molecule has 4 nitrogen and oxygen atoms in total. The molecule has 0 N–H and O–H groups in total. The molecule has 0 heterocycles. The Morgan fingerprint density at radius 2 is 2.14 bits per heavy atom. The second kappa shape index (κ2) is 4.32. The summed E-state index contributed by atoms with van der Waals surface area (Å²) in [5, 5.41) is 10.3. The third kappa shape index (κ3) is 2.63. The zero-order valence-electron chi connectivity index (χ0n) is 6.62. The van der Waals surface area contributed by atoms with Crippen LogP contribution in [0.4, 0.5) is 14.5 Å². The quantitative estimate of drug-likeness (QED) is 0.625. The van der Waals surface area contributed by atoms with Crippen molar-refractivity contribution in [1.82, 2.24) is 0 Å². The minimum atomic E-state index is -2.95. The molecule has 0 fully saturated rings. The molecule has 0 saturated heterocycles. The number of non-ortho nitro benzene ring substituents is 1. The number of nitrogens with zero attached hydrogens (tertiary/aromatic N) is 1. The van der Waals surface area contributed by atoms with Crippen molar-refractivity contribution in [3.63, 3.8) is 0 Å². The fourth-order valence-electron chi connectivity index (χ4n) is 0.795. The zero-order valence-corrected chi connectivity index (χ0v) is 8.20. The minimum absolute atomic E-state index is 0.118. The number of benzene rings is 1. The number of alkyl halides is 2. The van der Waals surface area contributed by atoms with Crippen LogP contribution in [0.5, 0.6) is 5.75 Å². The van der Waals surface area contributed by atoms with Crippen LogP contribution in [0.3, 0.4) is 0 Å². The van der Waals surface area contributed by atoms with E-state index in [-0.39, 0.29) is 15.9 Å². The van der Waals surface area contributed by atoms with Gasteiger partial charge in [0.15, 0.2) is 0 Å². The number of hydrogen-bond donors (Lipinski definition) is 0. The summed E-state index contributed by atoms with van der Waals surface area (Å²) in [6.45, 7) is -2.95. The second-order valence-corrected chi connectivity index (χ2v) is 3.10. The van der Waals surface area contributed by atoms with Gasteiger partial charge >= 0.3 is 6.61 Å². The Bertz CT molecular complexity index is 359. The van der Waals surface area contributed by atoms with Gasteiger partial charge in [0.2, 0.25) is 0 Å². The van der Waals surface area contributed by atoms with Crippen LogP contribution in [0, 0.1) is 10.1 Å². The molecule has 1 aromatic rings. The largest absolute Gasteiger partial charge is 0.434 e. The molecule has 0 aliphatic rings. The van der Waals surface area contributed by atoms with E-state index in [1.807, 2.05) is 0 Å². The first kappa shape index (κ1) is 10.8. The number of nitro benzene ring substituents is 1. The van der Waals surface area contributed by atoms with Gasteiger partial charge in [0.1, 0.15) is 5.75 Å². The summed E-state index contributed by atoms with van der Waals surface area (Å²) in [4.78, 5) is 9.65. The van der Waals surface area contributed by atoms with Crippen LogP contribution >= 0.6 is 15.9 Å². The molecular formula is C7H4BrF2NO3. The van der Waals surface area contributed by atoms with Crippen LogP contribution in [-0.4, -0.2) is 11.5 Å². The Hall–Kier alpha value is -1.24. The Morgan fingerprint density at radius 3 is 2.57 bits per heavy atom. The van der Waals surface area contributed by atoms with Gasteiger partial charge in [-0.25, -0.2) is 0 Å². The van der Waals surface area contributed by atoms with Crippen molar-refractivity contribution in [2.24, 2.45) is 0 Å². The van der Waals surface area contributed by atoms with Gasteiger partial charge in [0, 0.05) is 12.1 Å². The van der Waals surface area contributed by atoms with Crippen LogP contribution < -0.4 is 4.74 Å². The lowest BCUT2D eigenvalue weighted by atomic mass is 10.3. The maximum Gasteiger partial charge on any atom is 0.387 e.